The Bertz CT molecular complexity index is 510. The number of aryl methyl sites for hydroxylation is 1. The van der Waals surface area contributed by atoms with Gasteiger partial charge in [-0.15, -0.1) is 0 Å². The van der Waals surface area contributed by atoms with Crippen molar-refractivity contribution in [2.45, 2.75) is 61.0 Å². The second-order valence-corrected chi connectivity index (χ2v) is 8.27. The number of ether oxygens (including phenoxy) is 1. The predicted molar refractivity (Wildman–Crippen MR) is 85.8 cm³/mol. The van der Waals surface area contributed by atoms with Gasteiger partial charge in [-0.2, -0.15) is 0 Å². The van der Waals surface area contributed by atoms with Gasteiger partial charge in [-0.05, 0) is 35.8 Å². The number of rotatable bonds is 1. The molecule has 1 fully saturated rings. The highest BCUT2D eigenvalue weighted by molar-refractivity contribution is 5.34. The molecule has 1 saturated heterocycles. The lowest BCUT2D eigenvalue weighted by molar-refractivity contribution is -0.264. The molecule has 1 aliphatic heterocycles. The molecule has 20 heavy (non-hydrogen) atoms. The maximum absolute atomic E-state index is 6.50. The third kappa shape index (κ3) is 1.79. The normalized spacial score (nSPS) is 31.0. The highest BCUT2D eigenvalue weighted by atomic mass is 16.5. The molecule has 0 aliphatic carbocycles. The van der Waals surface area contributed by atoms with Crippen molar-refractivity contribution < 1.29 is 4.74 Å². The average Bonchev–Trinajstić information content (AvgIpc) is 2.34. The van der Waals surface area contributed by atoms with Gasteiger partial charge in [0.15, 0.2) is 0 Å². The predicted octanol–water partition coefficient (Wildman–Crippen LogP) is 5.32. The van der Waals surface area contributed by atoms with Crippen LogP contribution >= 0.6 is 0 Å². The van der Waals surface area contributed by atoms with Gasteiger partial charge in [0.1, 0.15) is 0 Å². The highest BCUT2D eigenvalue weighted by Crippen LogP contribution is 2.64. The van der Waals surface area contributed by atoms with E-state index in [9.17, 15) is 0 Å². The summed E-state index contributed by atoms with van der Waals surface area (Å²) in [5.41, 5.74) is 2.77. The summed E-state index contributed by atoms with van der Waals surface area (Å²) in [4.78, 5) is 0. The Morgan fingerprint density at radius 3 is 1.95 bits per heavy atom. The lowest BCUT2D eigenvalue weighted by atomic mass is 9.47. The minimum absolute atomic E-state index is 0.0356. The van der Waals surface area contributed by atoms with Gasteiger partial charge in [-0.3, -0.25) is 0 Å². The molecule has 1 unspecified atom stereocenters. The molecule has 1 atom stereocenters. The molecule has 0 radical (unpaired) electrons. The first-order valence-corrected chi connectivity index (χ1v) is 7.67. The van der Waals surface area contributed by atoms with E-state index in [0.717, 1.165) is 6.61 Å². The van der Waals surface area contributed by atoms with E-state index < -0.39 is 0 Å². The Morgan fingerprint density at radius 1 is 0.850 bits per heavy atom. The van der Waals surface area contributed by atoms with Crippen LogP contribution in [0, 0.1) is 23.2 Å². The van der Waals surface area contributed by atoms with Gasteiger partial charge in [0.2, 0.25) is 0 Å². The molecular weight excluding hydrogens is 244 g/mol. The van der Waals surface area contributed by atoms with Crippen LogP contribution in [0.2, 0.25) is 0 Å². The van der Waals surface area contributed by atoms with Crippen LogP contribution in [0.5, 0.6) is 0 Å². The third-order valence-corrected chi connectivity index (χ3v) is 6.83. The maximum Gasteiger partial charge on any atom is 0.0962 e. The molecule has 0 amide bonds. The molecule has 0 aromatic heterocycles. The Hall–Kier alpha value is -0.820. The molecule has 0 saturated carbocycles. The van der Waals surface area contributed by atoms with Crippen molar-refractivity contribution in [3.8, 4) is 0 Å². The zero-order chi connectivity index (χ0) is 15.4. The summed E-state index contributed by atoms with van der Waals surface area (Å²) in [5, 5.41) is 0. The summed E-state index contributed by atoms with van der Waals surface area (Å²) >= 11 is 0. The first-order chi connectivity index (χ1) is 8.97. The molecule has 1 heterocycles. The van der Waals surface area contributed by atoms with E-state index in [2.05, 4.69) is 79.7 Å². The first kappa shape index (κ1) is 15.6. The Labute approximate surface area is 124 Å². The van der Waals surface area contributed by atoms with Gasteiger partial charge in [-0.1, -0.05) is 65.8 Å². The van der Waals surface area contributed by atoms with Crippen LogP contribution in [-0.2, 0) is 10.3 Å². The molecule has 1 aliphatic rings. The van der Waals surface area contributed by atoms with Crippen molar-refractivity contribution in [1.29, 1.82) is 0 Å². The molecule has 0 spiro atoms. The van der Waals surface area contributed by atoms with E-state index in [4.69, 9.17) is 4.74 Å². The third-order valence-electron chi connectivity index (χ3n) is 6.83. The molecule has 1 aromatic carbocycles. The topological polar surface area (TPSA) is 9.23 Å². The van der Waals surface area contributed by atoms with E-state index in [-0.39, 0.29) is 21.8 Å². The van der Waals surface area contributed by atoms with Gasteiger partial charge in [-0.25, -0.2) is 0 Å². The Kier molecular flexibility index (Phi) is 3.37. The van der Waals surface area contributed by atoms with Crippen molar-refractivity contribution in [2.75, 3.05) is 6.61 Å². The zero-order valence-electron chi connectivity index (χ0n) is 14.4. The molecule has 0 N–H and O–H groups in total. The SMILES string of the molecule is Cc1ccccc1C1(C)OCC(C)(C)C(C)(C)C1(C)C. The van der Waals surface area contributed by atoms with Crippen LogP contribution in [0.1, 0.15) is 59.6 Å². The van der Waals surface area contributed by atoms with Crippen LogP contribution in [0.25, 0.3) is 0 Å². The summed E-state index contributed by atoms with van der Waals surface area (Å²) in [6.07, 6.45) is 0. The van der Waals surface area contributed by atoms with Gasteiger partial charge in [0, 0.05) is 5.41 Å². The first-order valence-electron chi connectivity index (χ1n) is 7.67. The monoisotopic (exact) mass is 274 g/mol. The van der Waals surface area contributed by atoms with Crippen LogP contribution in [0.15, 0.2) is 24.3 Å². The lowest BCUT2D eigenvalue weighted by Gasteiger charge is -2.64. The van der Waals surface area contributed by atoms with Crippen molar-refractivity contribution in [3.05, 3.63) is 35.4 Å². The lowest BCUT2D eigenvalue weighted by Crippen LogP contribution is -2.62. The largest absolute Gasteiger partial charge is 0.369 e. The van der Waals surface area contributed by atoms with Crippen molar-refractivity contribution in [3.63, 3.8) is 0 Å². The quantitative estimate of drug-likeness (QED) is 0.673. The smallest absolute Gasteiger partial charge is 0.0962 e. The van der Waals surface area contributed by atoms with Crippen LogP contribution < -0.4 is 0 Å². The summed E-state index contributed by atoms with van der Waals surface area (Å²) in [5.74, 6) is 0. The summed E-state index contributed by atoms with van der Waals surface area (Å²) < 4.78 is 6.50. The standard InChI is InChI=1S/C19H30O/c1-14-11-9-10-12-15(14)19(8)18(6,7)17(4,5)16(2,3)13-20-19/h9-12H,13H2,1-8H3. The number of benzene rings is 1. The molecule has 1 aromatic rings. The second-order valence-electron chi connectivity index (χ2n) is 8.27. The molecule has 1 heteroatoms. The molecular formula is C19H30O. The number of hydrogen-bond donors (Lipinski definition) is 0. The fourth-order valence-corrected chi connectivity index (χ4v) is 3.65. The fraction of sp³-hybridized carbons (Fsp3) is 0.684. The fourth-order valence-electron chi connectivity index (χ4n) is 3.65. The van der Waals surface area contributed by atoms with Crippen molar-refractivity contribution in [2.24, 2.45) is 16.2 Å². The summed E-state index contributed by atoms with van der Waals surface area (Å²) in [7, 11) is 0. The maximum atomic E-state index is 6.50. The van der Waals surface area contributed by atoms with E-state index in [1.54, 1.807) is 0 Å². The second kappa shape index (κ2) is 4.34. The Balaban J connectivity index is 2.62. The molecule has 1 nitrogen and oxygen atoms in total. The number of hydrogen-bond acceptors (Lipinski definition) is 1. The van der Waals surface area contributed by atoms with Crippen LogP contribution in [-0.4, -0.2) is 6.61 Å². The van der Waals surface area contributed by atoms with Crippen LogP contribution in [0.3, 0.4) is 0 Å². The minimum Gasteiger partial charge on any atom is -0.369 e. The van der Waals surface area contributed by atoms with Crippen molar-refractivity contribution in [1.82, 2.24) is 0 Å². The molecule has 0 bridgehead atoms. The van der Waals surface area contributed by atoms with Gasteiger partial charge >= 0.3 is 0 Å². The Morgan fingerprint density at radius 2 is 1.40 bits per heavy atom. The molecule has 2 rings (SSSR count). The zero-order valence-corrected chi connectivity index (χ0v) is 14.4. The van der Waals surface area contributed by atoms with Gasteiger partial charge < -0.3 is 4.74 Å². The van der Waals surface area contributed by atoms with Gasteiger partial charge in [0.25, 0.3) is 0 Å². The summed E-state index contributed by atoms with van der Waals surface area (Å²) in [6, 6.07) is 8.64. The minimum atomic E-state index is -0.253. The van der Waals surface area contributed by atoms with Crippen LogP contribution in [0.4, 0.5) is 0 Å². The van der Waals surface area contributed by atoms with E-state index >= 15 is 0 Å². The van der Waals surface area contributed by atoms with E-state index in [1.165, 1.54) is 11.1 Å². The van der Waals surface area contributed by atoms with Gasteiger partial charge in [0.05, 0.1) is 12.2 Å². The van der Waals surface area contributed by atoms with Crippen molar-refractivity contribution >= 4 is 0 Å². The molecule has 112 valence electrons. The van der Waals surface area contributed by atoms with E-state index in [1.807, 2.05) is 0 Å². The summed E-state index contributed by atoms with van der Waals surface area (Å²) in [6.45, 7) is 19.4. The highest BCUT2D eigenvalue weighted by Gasteiger charge is 2.61. The average molecular weight is 274 g/mol. The van der Waals surface area contributed by atoms with E-state index in [0.29, 0.717) is 0 Å².